The van der Waals surface area contributed by atoms with Gasteiger partial charge in [-0.1, -0.05) is 63.4 Å². The van der Waals surface area contributed by atoms with Gasteiger partial charge in [0.2, 0.25) is 10.0 Å². The van der Waals surface area contributed by atoms with Crippen molar-refractivity contribution in [2.75, 3.05) is 25.2 Å². The summed E-state index contributed by atoms with van der Waals surface area (Å²) in [6, 6.07) is 14.5. The molecule has 0 saturated heterocycles. The maximum atomic E-state index is 12.3. The summed E-state index contributed by atoms with van der Waals surface area (Å²) >= 11 is 6.02. The first-order valence-electron chi connectivity index (χ1n) is 12.0. The Balaban J connectivity index is 0.000000236. The second kappa shape index (κ2) is 13.5. The topological polar surface area (TPSA) is 89.9 Å². The maximum Gasteiger partial charge on any atom is 0.333 e. The molecule has 196 valence electrons. The number of aliphatic carboxylic acids is 1. The molecular formula is C27H36ClN3O4S. The van der Waals surface area contributed by atoms with Gasteiger partial charge in [0.1, 0.15) is 4.90 Å². The minimum Gasteiger partial charge on any atom is -0.478 e. The molecule has 0 bridgehead atoms. The van der Waals surface area contributed by atoms with E-state index in [9.17, 15) is 13.2 Å². The van der Waals surface area contributed by atoms with Crippen molar-refractivity contribution in [3.63, 3.8) is 0 Å². The minimum absolute atomic E-state index is 0.264. The lowest BCUT2D eigenvalue weighted by Gasteiger charge is -2.36. The molecule has 1 fully saturated rings. The molecule has 5 rings (SSSR count). The monoisotopic (exact) mass is 533 g/mol. The summed E-state index contributed by atoms with van der Waals surface area (Å²) in [5, 5.41) is 11.9. The summed E-state index contributed by atoms with van der Waals surface area (Å²) in [6.45, 7) is 8.82. The Morgan fingerprint density at radius 1 is 1.11 bits per heavy atom. The molecular weight excluding hydrogens is 498 g/mol. The molecule has 1 saturated carbocycles. The third kappa shape index (κ3) is 8.11. The van der Waals surface area contributed by atoms with Crippen LogP contribution in [0.25, 0.3) is 0 Å². The first kappa shape index (κ1) is 29.4. The molecule has 0 amide bonds. The molecule has 0 atom stereocenters. The van der Waals surface area contributed by atoms with Crippen LogP contribution < -0.4 is 10.2 Å². The lowest BCUT2D eigenvalue weighted by molar-refractivity contribution is -0.132. The third-order valence-electron chi connectivity index (χ3n) is 5.47. The van der Waals surface area contributed by atoms with Gasteiger partial charge in [0, 0.05) is 24.3 Å². The maximum absolute atomic E-state index is 12.3. The summed E-state index contributed by atoms with van der Waals surface area (Å²) in [5.41, 5.74) is 2.91. The summed E-state index contributed by atoms with van der Waals surface area (Å²) < 4.78 is 26.0. The molecule has 0 spiro atoms. The number of rotatable bonds is 2. The predicted octanol–water partition coefficient (Wildman–Crippen LogP) is 6.02. The molecule has 9 heteroatoms. The number of sulfonamides is 1. The molecule has 7 nitrogen and oxygen atoms in total. The van der Waals surface area contributed by atoms with Crippen LogP contribution in [0.4, 0.5) is 11.4 Å². The molecule has 2 aromatic carbocycles. The zero-order valence-electron chi connectivity index (χ0n) is 21.5. The lowest BCUT2D eigenvalue weighted by atomic mass is 10.1. The van der Waals surface area contributed by atoms with Crippen LogP contribution in [0.3, 0.4) is 0 Å². The molecule has 36 heavy (non-hydrogen) atoms. The van der Waals surface area contributed by atoms with Gasteiger partial charge in [-0.3, -0.25) is 0 Å². The Labute approximate surface area is 220 Å². The molecule has 3 aliphatic rings. The molecule has 0 radical (unpaired) electrons. The standard InChI is InChI=1S/C14H13ClN2O2S.C7H9NO2.C4H8.C2H6/c1-16-10-17(12-5-3-2-4-6-12)13-9-11(15)7-8-14(13)20(16,18)19;1-5-2-6(7(9)10)4-8-3-5;1-4-2-3-4;1-2/h2-9H,10H2,1H3;2-3,8H,4H2,1H3,(H,9,10);4H,2-3H2,1H3;1-2H3. The molecule has 2 N–H and O–H groups in total. The van der Waals surface area contributed by atoms with Crippen LogP contribution in [-0.4, -0.2) is 44.1 Å². The summed E-state index contributed by atoms with van der Waals surface area (Å²) in [5.74, 6) is 0.236. The van der Waals surface area contributed by atoms with Crippen LogP contribution in [0.1, 0.15) is 40.5 Å². The first-order chi connectivity index (χ1) is 17.1. The van der Waals surface area contributed by atoms with E-state index in [0.29, 0.717) is 22.8 Å². The molecule has 2 heterocycles. The number of hydrogen-bond acceptors (Lipinski definition) is 5. The number of hydrogen-bond donors (Lipinski definition) is 2. The van der Waals surface area contributed by atoms with Crippen LogP contribution in [0.5, 0.6) is 0 Å². The fourth-order valence-corrected chi connectivity index (χ4v) is 4.70. The van der Waals surface area contributed by atoms with E-state index < -0.39 is 16.0 Å². The van der Waals surface area contributed by atoms with Crippen molar-refractivity contribution in [2.24, 2.45) is 5.92 Å². The van der Waals surface area contributed by atoms with Gasteiger partial charge in [-0.05, 0) is 61.0 Å². The number of benzene rings is 2. The second-order valence-electron chi connectivity index (χ2n) is 8.55. The fraction of sp³-hybridized carbons (Fsp3) is 0.370. The van der Waals surface area contributed by atoms with Gasteiger partial charge in [-0.2, -0.15) is 4.31 Å². The minimum atomic E-state index is -3.45. The van der Waals surface area contributed by atoms with Crippen molar-refractivity contribution in [1.82, 2.24) is 9.62 Å². The van der Waals surface area contributed by atoms with E-state index in [-0.39, 0.29) is 11.6 Å². The molecule has 0 aromatic heterocycles. The number of anilines is 2. The summed E-state index contributed by atoms with van der Waals surface area (Å²) in [4.78, 5) is 12.6. The highest BCUT2D eigenvalue weighted by molar-refractivity contribution is 7.89. The predicted molar refractivity (Wildman–Crippen MR) is 147 cm³/mol. The number of carbonyl (C=O) groups is 1. The van der Waals surface area contributed by atoms with Gasteiger partial charge in [-0.25, -0.2) is 13.2 Å². The number of nitrogens with one attached hydrogen (secondary N) is 1. The van der Waals surface area contributed by atoms with E-state index in [0.717, 1.165) is 17.2 Å². The van der Waals surface area contributed by atoms with Crippen LogP contribution in [-0.2, 0) is 14.8 Å². The van der Waals surface area contributed by atoms with Gasteiger partial charge in [-0.15, -0.1) is 0 Å². The highest BCUT2D eigenvalue weighted by Crippen LogP contribution is 2.38. The van der Waals surface area contributed by atoms with Gasteiger partial charge >= 0.3 is 5.97 Å². The summed E-state index contributed by atoms with van der Waals surface area (Å²) in [7, 11) is -1.87. The van der Waals surface area contributed by atoms with Crippen molar-refractivity contribution >= 4 is 39.0 Å². The highest BCUT2D eigenvalue weighted by atomic mass is 35.5. The van der Waals surface area contributed by atoms with E-state index in [1.807, 2.05) is 56.0 Å². The average molecular weight is 534 g/mol. The number of carboxylic acids is 1. The van der Waals surface area contributed by atoms with Crippen LogP contribution in [0, 0.1) is 5.92 Å². The van der Waals surface area contributed by atoms with Crippen LogP contribution in [0.15, 0.2) is 76.8 Å². The SMILES string of the molecule is CC.CC1=CNCC(C(=O)O)=C1.CC1CC1.CN1CN(c2ccccc2)c2cc(Cl)ccc2S1(=O)=O. The summed E-state index contributed by atoms with van der Waals surface area (Å²) in [6.07, 6.45) is 6.44. The average Bonchev–Trinajstić information content (AvgIpc) is 3.66. The van der Waals surface area contributed by atoms with E-state index in [1.54, 1.807) is 37.5 Å². The van der Waals surface area contributed by atoms with Crippen molar-refractivity contribution in [3.05, 3.63) is 77.0 Å². The molecule has 2 aliphatic heterocycles. The Morgan fingerprint density at radius 2 is 1.72 bits per heavy atom. The van der Waals surface area contributed by atoms with E-state index in [1.165, 1.54) is 17.1 Å². The number of fused-ring (bicyclic) bond motifs is 1. The number of halogens is 1. The van der Waals surface area contributed by atoms with Gasteiger partial charge in [0.25, 0.3) is 0 Å². The van der Waals surface area contributed by atoms with E-state index in [2.05, 4.69) is 12.2 Å². The number of carboxylic acid groups (broad SMARTS) is 1. The zero-order valence-corrected chi connectivity index (χ0v) is 23.1. The van der Waals surface area contributed by atoms with E-state index >= 15 is 0 Å². The number of para-hydroxylation sites is 1. The van der Waals surface area contributed by atoms with Crippen molar-refractivity contribution in [3.8, 4) is 0 Å². The first-order valence-corrected chi connectivity index (χ1v) is 13.8. The van der Waals surface area contributed by atoms with Gasteiger partial charge in [0.15, 0.2) is 0 Å². The largest absolute Gasteiger partial charge is 0.478 e. The number of nitrogens with zero attached hydrogens (tertiary/aromatic N) is 2. The van der Waals surface area contributed by atoms with Crippen LogP contribution >= 0.6 is 11.6 Å². The Kier molecular flexibility index (Phi) is 11.0. The lowest BCUT2D eigenvalue weighted by Crippen LogP contribution is -2.41. The zero-order chi connectivity index (χ0) is 26.9. The van der Waals surface area contributed by atoms with Gasteiger partial charge < -0.3 is 15.3 Å². The number of dihydropyridines is 1. The Morgan fingerprint density at radius 3 is 2.22 bits per heavy atom. The van der Waals surface area contributed by atoms with E-state index in [4.69, 9.17) is 16.7 Å². The normalized spacial score (nSPS) is 17.7. The Bertz CT molecular complexity index is 1190. The van der Waals surface area contributed by atoms with Gasteiger partial charge in [0.05, 0.1) is 17.9 Å². The smallest absolute Gasteiger partial charge is 0.333 e. The van der Waals surface area contributed by atoms with Crippen LogP contribution in [0.2, 0.25) is 5.02 Å². The fourth-order valence-electron chi connectivity index (χ4n) is 3.26. The highest BCUT2D eigenvalue weighted by Gasteiger charge is 2.33. The second-order valence-corrected chi connectivity index (χ2v) is 11.0. The van der Waals surface area contributed by atoms with Crippen molar-refractivity contribution in [2.45, 2.75) is 45.4 Å². The third-order valence-corrected chi connectivity index (χ3v) is 7.55. The molecule has 2 aromatic rings. The van der Waals surface area contributed by atoms with Crippen molar-refractivity contribution in [1.29, 1.82) is 0 Å². The van der Waals surface area contributed by atoms with Crippen molar-refractivity contribution < 1.29 is 18.3 Å². The molecule has 0 unspecified atom stereocenters. The molecule has 1 aliphatic carbocycles. The quantitative estimate of drug-likeness (QED) is 0.491. The number of allylic oxidation sites excluding steroid dienone is 2. The Hall–Kier alpha value is -2.81.